The highest BCUT2D eigenvalue weighted by molar-refractivity contribution is 5.27. The van der Waals surface area contributed by atoms with Crippen LogP contribution in [-0.4, -0.2) is 44.7 Å². The van der Waals surface area contributed by atoms with Gasteiger partial charge in [-0.3, -0.25) is 5.43 Å². The summed E-state index contributed by atoms with van der Waals surface area (Å²) in [6.45, 7) is 5.04. The van der Waals surface area contributed by atoms with Gasteiger partial charge < -0.3 is 10.2 Å². The summed E-state index contributed by atoms with van der Waals surface area (Å²) in [6, 6.07) is 5.60. The van der Waals surface area contributed by atoms with Crippen molar-refractivity contribution in [3.63, 3.8) is 0 Å². The number of nitrogens with zero attached hydrogens (tertiary/aromatic N) is 1. The number of piperidine rings is 1. The molecule has 0 bridgehead atoms. The fourth-order valence-corrected chi connectivity index (χ4v) is 4.04. The zero-order valence-electron chi connectivity index (χ0n) is 14.6. The SMILES string of the molecule is CNCC1CCCN(CC2CNNC2c2ccc(C(F)(F)F)cc2)C1. The molecule has 3 N–H and O–H groups in total. The fraction of sp³-hybridized carbons (Fsp3) is 0.667. The fourth-order valence-electron chi connectivity index (χ4n) is 4.04. The van der Waals surface area contributed by atoms with Gasteiger partial charge in [-0.05, 0) is 56.6 Å². The van der Waals surface area contributed by atoms with Crippen LogP contribution in [0.4, 0.5) is 13.2 Å². The van der Waals surface area contributed by atoms with E-state index in [-0.39, 0.29) is 6.04 Å². The van der Waals surface area contributed by atoms with Gasteiger partial charge in [-0.15, -0.1) is 0 Å². The van der Waals surface area contributed by atoms with E-state index < -0.39 is 11.7 Å². The highest BCUT2D eigenvalue weighted by Gasteiger charge is 2.33. The summed E-state index contributed by atoms with van der Waals surface area (Å²) in [7, 11) is 1.99. The van der Waals surface area contributed by atoms with E-state index in [0.29, 0.717) is 11.8 Å². The molecule has 0 spiro atoms. The smallest absolute Gasteiger partial charge is 0.319 e. The number of halogens is 3. The van der Waals surface area contributed by atoms with Crippen LogP contribution in [0.5, 0.6) is 0 Å². The van der Waals surface area contributed by atoms with E-state index in [1.807, 2.05) is 7.05 Å². The van der Waals surface area contributed by atoms with E-state index in [9.17, 15) is 13.2 Å². The highest BCUT2D eigenvalue weighted by Crippen LogP contribution is 2.32. The Bertz CT molecular complexity index is 544. The molecule has 0 amide bonds. The average molecular weight is 356 g/mol. The quantitative estimate of drug-likeness (QED) is 0.758. The van der Waals surface area contributed by atoms with Crippen LogP contribution in [0.1, 0.15) is 30.0 Å². The molecule has 3 unspecified atom stereocenters. The summed E-state index contributed by atoms with van der Waals surface area (Å²) < 4.78 is 38.2. The van der Waals surface area contributed by atoms with Crippen molar-refractivity contribution >= 4 is 0 Å². The van der Waals surface area contributed by atoms with Gasteiger partial charge in [0.25, 0.3) is 0 Å². The first-order valence-corrected chi connectivity index (χ1v) is 9.00. The van der Waals surface area contributed by atoms with Gasteiger partial charge in [0.05, 0.1) is 11.6 Å². The van der Waals surface area contributed by atoms with Gasteiger partial charge in [-0.1, -0.05) is 12.1 Å². The maximum Gasteiger partial charge on any atom is 0.416 e. The minimum Gasteiger partial charge on any atom is -0.319 e. The summed E-state index contributed by atoms with van der Waals surface area (Å²) >= 11 is 0. The third-order valence-corrected chi connectivity index (χ3v) is 5.28. The molecule has 2 saturated heterocycles. The third kappa shape index (κ3) is 4.73. The third-order valence-electron chi connectivity index (χ3n) is 5.28. The molecule has 1 aromatic carbocycles. The molecular weight excluding hydrogens is 329 g/mol. The van der Waals surface area contributed by atoms with Crippen molar-refractivity contribution in [1.29, 1.82) is 0 Å². The van der Waals surface area contributed by atoms with Crippen molar-refractivity contribution in [2.24, 2.45) is 11.8 Å². The molecule has 0 saturated carbocycles. The van der Waals surface area contributed by atoms with Gasteiger partial charge in [0, 0.05) is 25.6 Å². The standard InChI is InChI=1S/C18H27F3N4/c1-22-9-13-3-2-8-25(11-13)12-15-10-23-24-17(15)14-4-6-16(7-5-14)18(19,20)21/h4-7,13,15,17,22-24H,2-3,8-12H2,1H3. The second-order valence-electron chi connectivity index (χ2n) is 7.21. The van der Waals surface area contributed by atoms with Crippen LogP contribution in [0.25, 0.3) is 0 Å². The number of rotatable bonds is 5. The molecule has 1 aromatic rings. The molecule has 140 valence electrons. The van der Waals surface area contributed by atoms with E-state index in [4.69, 9.17) is 0 Å². The lowest BCUT2D eigenvalue weighted by Crippen LogP contribution is -2.42. The highest BCUT2D eigenvalue weighted by atomic mass is 19.4. The molecule has 2 fully saturated rings. The molecule has 0 aliphatic carbocycles. The molecule has 2 heterocycles. The van der Waals surface area contributed by atoms with E-state index >= 15 is 0 Å². The Morgan fingerprint density at radius 2 is 2.00 bits per heavy atom. The van der Waals surface area contributed by atoms with Crippen LogP contribution in [0, 0.1) is 11.8 Å². The maximum absolute atomic E-state index is 12.7. The zero-order chi connectivity index (χ0) is 17.9. The van der Waals surface area contributed by atoms with E-state index in [2.05, 4.69) is 21.1 Å². The van der Waals surface area contributed by atoms with Gasteiger partial charge in [-0.2, -0.15) is 13.2 Å². The Morgan fingerprint density at radius 3 is 2.68 bits per heavy atom. The Kier molecular flexibility index (Phi) is 5.99. The first-order chi connectivity index (χ1) is 12.0. The number of hydrazine groups is 1. The lowest BCUT2D eigenvalue weighted by atomic mass is 9.91. The summed E-state index contributed by atoms with van der Waals surface area (Å²) in [5.74, 6) is 1.04. The normalized spacial score (nSPS) is 28.4. The molecule has 25 heavy (non-hydrogen) atoms. The van der Waals surface area contributed by atoms with Crippen molar-refractivity contribution in [2.45, 2.75) is 25.1 Å². The van der Waals surface area contributed by atoms with Crippen molar-refractivity contribution in [1.82, 2.24) is 21.1 Å². The number of benzene rings is 1. The summed E-state index contributed by atoms with van der Waals surface area (Å²) in [6.07, 6.45) is -1.80. The molecule has 4 nitrogen and oxygen atoms in total. The second-order valence-corrected chi connectivity index (χ2v) is 7.21. The Balaban J connectivity index is 1.62. The summed E-state index contributed by atoms with van der Waals surface area (Å²) in [5.41, 5.74) is 6.73. The second kappa shape index (κ2) is 8.03. The predicted molar refractivity (Wildman–Crippen MR) is 91.9 cm³/mol. The lowest BCUT2D eigenvalue weighted by molar-refractivity contribution is -0.137. The minimum absolute atomic E-state index is 0.0481. The Hall–Kier alpha value is -1.15. The molecule has 2 aliphatic heterocycles. The largest absolute Gasteiger partial charge is 0.416 e. The number of alkyl halides is 3. The van der Waals surface area contributed by atoms with E-state index in [0.717, 1.165) is 38.3 Å². The molecule has 0 radical (unpaired) electrons. The summed E-state index contributed by atoms with van der Waals surface area (Å²) in [5, 5.41) is 3.26. The van der Waals surface area contributed by atoms with Crippen molar-refractivity contribution in [3.8, 4) is 0 Å². The maximum atomic E-state index is 12.7. The summed E-state index contributed by atoms with van der Waals surface area (Å²) in [4.78, 5) is 2.50. The monoisotopic (exact) mass is 356 g/mol. The Labute approximate surface area is 147 Å². The topological polar surface area (TPSA) is 39.3 Å². The predicted octanol–water partition coefficient (Wildman–Crippen LogP) is 2.40. The lowest BCUT2D eigenvalue weighted by Gasteiger charge is -2.35. The first-order valence-electron chi connectivity index (χ1n) is 9.00. The van der Waals surface area contributed by atoms with Gasteiger partial charge in [0.1, 0.15) is 0 Å². The number of nitrogens with one attached hydrogen (secondary N) is 3. The molecule has 3 atom stereocenters. The van der Waals surface area contributed by atoms with Gasteiger partial charge in [-0.25, -0.2) is 5.43 Å². The Morgan fingerprint density at radius 1 is 1.24 bits per heavy atom. The molecule has 3 rings (SSSR count). The van der Waals surface area contributed by atoms with E-state index in [1.54, 1.807) is 12.1 Å². The number of hydrogen-bond donors (Lipinski definition) is 3. The number of hydrogen-bond acceptors (Lipinski definition) is 4. The van der Waals surface area contributed by atoms with Crippen LogP contribution < -0.4 is 16.2 Å². The van der Waals surface area contributed by atoms with Gasteiger partial charge >= 0.3 is 6.18 Å². The van der Waals surface area contributed by atoms with Crippen molar-refractivity contribution in [3.05, 3.63) is 35.4 Å². The van der Waals surface area contributed by atoms with Crippen molar-refractivity contribution in [2.75, 3.05) is 39.8 Å². The minimum atomic E-state index is -4.28. The van der Waals surface area contributed by atoms with Crippen molar-refractivity contribution < 1.29 is 13.2 Å². The van der Waals surface area contributed by atoms with Gasteiger partial charge in [0.15, 0.2) is 0 Å². The van der Waals surface area contributed by atoms with Crippen LogP contribution in [0.2, 0.25) is 0 Å². The first kappa shape index (κ1) is 18.6. The van der Waals surface area contributed by atoms with Crippen LogP contribution in [0.15, 0.2) is 24.3 Å². The van der Waals surface area contributed by atoms with E-state index in [1.165, 1.54) is 25.0 Å². The molecule has 0 aromatic heterocycles. The van der Waals surface area contributed by atoms with Gasteiger partial charge in [0.2, 0.25) is 0 Å². The number of likely N-dealkylation sites (tertiary alicyclic amines) is 1. The molecular formula is C18H27F3N4. The van der Waals surface area contributed by atoms with Crippen LogP contribution in [0.3, 0.4) is 0 Å². The van der Waals surface area contributed by atoms with Crippen LogP contribution >= 0.6 is 0 Å². The van der Waals surface area contributed by atoms with Crippen LogP contribution in [-0.2, 0) is 6.18 Å². The molecule has 7 heteroatoms. The molecule has 2 aliphatic rings. The zero-order valence-corrected chi connectivity index (χ0v) is 14.6. The average Bonchev–Trinajstić information content (AvgIpc) is 3.03.